The first-order chi connectivity index (χ1) is 8.58. The Morgan fingerprint density at radius 1 is 1.50 bits per heavy atom. The van der Waals surface area contributed by atoms with Crippen LogP contribution in [-0.2, 0) is 13.7 Å². The van der Waals surface area contributed by atoms with Crippen molar-refractivity contribution in [3.8, 4) is 5.75 Å². The van der Waals surface area contributed by atoms with E-state index in [0.717, 1.165) is 5.82 Å². The Morgan fingerprint density at radius 2 is 2.28 bits per heavy atom. The Bertz CT molecular complexity index is 538. The zero-order chi connectivity index (χ0) is 13.1. The third-order valence-corrected chi connectivity index (χ3v) is 2.71. The number of hydrogen-bond acceptors (Lipinski definition) is 3. The molecule has 1 aromatic heterocycles. The summed E-state index contributed by atoms with van der Waals surface area (Å²) in [6, 6.07) is 4.42. The summed E-state index contributed by atoms with van der Waals surface area (Å²) in [5.74, 6) is 0.706. The monoisotopic (exact) mass is 250 g/mol. The van der Waals surface area contributed by atoms with Gasteiger partial charge in [-0.1, -0.05) is 0 Å². The Labute approximate surface area is 105 Å². The number of aliphatic hydroxyl groups is 1. The van der Waals surface area contributed by atoms with Gasteiger partial charge < -0.3 is 14.4 Å². The molecule has 4 nitrogen and oxygen atoms in total. The minimum atomic E-state index is -0.825. The maximum atomic E-state index is 13.6. The van der Waals surface area contributed by atoms with Crippen LogP contribution in [0.3, 0.4) is 0 Å². The van der Waals surface area contributed by atoms with Crippen molar-refractivity contribution in [1.29, 1.82) is 0 Å². The maximum Gasteiger partial charge on any atom is 0.146 e. The predicted octanol–water partition coefficient (Wildman–Crippen LogP) is 2.19. The first-order valence-corrected chi connectivity index (χ1v) is 5.64. The second-order valence-electron chi connectivity index (χ2n) is 4.10. The summed E-state index contributed by atoms with van der Waals surface area (Å²) in [7, 11) is 1.86. The average Bonchev–Trinajstić information content (AvgIpc) is 2.72. The van der Waals surface area contributed by atoms with Crippen LogP contribution in [0.2, 0.25) is 0 Å². The van der Waals surface area contributed by atoms with Gasteiger partial charge in [0.05, 0.1) is 6.10 Å². The number of aromatic nitrogens is 2. The molecule has 1 aromatic carbocycles. The lowest BCUT2D eigenvalue weighted by molar-refractivity contribution is 0.193. The second kappa shape index (κ2) is 5.18. The lowest BCUT2D eigenvalue weighted by atomic mass is 10.1. The fraction of sp³-hybridized carbons (Fsp3) is 0.308. The number of imidazole rings is 1. The molecule has 0 aliphatic heterocycles. The van der Waals surface area contributed by atoms with E-state index in [1.807, 2.05) is 17.8 Å². The van der Waals surface area contributed by atoms with Gasteiger partial charge in [-0.3, -0.25) is 0 Å². The van der Waals surface area contributed by atoms with E-state index in [1.54, 1.807) is 12.3 Å². The van der Waals surface area contributed by atoms with Crippen LogP contribution in [0.1, 0.15) is 24.4 Å². The predicted molar refractivity (Wildman–Crippen MR) is 64.6 cm³/mol. The molecule has 18 heavy (non-hydrogen) atoms. The minimum Gasteiger partial charge on any atom is -0.486 e. The molecule has 0 aliphatic rings. The van der Waals surface area contributed by atoms with Crippen molar-refractivity contribution in [2.45, 2.75) is 19.6 Å². The fourth-order valence-corrected chi connectivity index (χ4v) is 1.62. The van der Waals surface area contributed by atoms with Crippen molar-refractivity contribution < 1.29 is 14.2 Å². The van der Waals surface area contributed by atoms with Crippen molar-refractivity contribution in [2.75, 3.05) is 0 Å². The summed E-state index contributed by atoms with van der Waals surface area (Å²) in [6.07, 6.45) is 2.67. The highest BCUT2D eigenvalue weighted by Gasteiger charge is 2.09. The third kappa shape index (κ3) is 2.68. The second-order valence-corrected chi connectivity index (χ2v) is 4.10. The van der Waals surface area contributed by atoms with Gasteiger partial charge in [0.2, 0.25) is 0 Å². The van der Waals surface area contributed by atoms with Gasteiger partial charge in [0.1, 0.15) is 24.0 Å². The summed E-state index contributed by atoms with van der Waals surface area (Å²) < 4.78 is 20.9. The van der Waals surface area contributed by atoms with Crippen molar-refractivity contribution in [1.82, 2.24) is 9.55 Å². The number of benzene rings is 1. The van der Waals surface area contributed by atoms with Gasteiger partial charge in [0, 0.05) is 31.1 Å². The molecule has 2 rings (SSSR count). The molecule has 1 N–H and O–H groups in total. The quantitative estimate of drug-likeness (QED) is 0.904. The molecule has 0 bridgehead atoms. The number of halogens is 1. The molecule has 0 unspecified atom stereocenters. The number of rotatable bonds is 4. The van der Waals surface area contributed by atoms with Crippen LogP contribution in [-0.4, -0.2) is 14.7 Å². The number of aliphatic hydroxyl groups excluding tert-OH is 1. The average molecular weight is 250 g/mol. The molecular formula is C13H15FN2O2. The summed E-state index contributed by atoms with van der Waals surface area (Å²) >= 11 is 0. The summed E-state index contributed by atoms with van der Waals surface area (Å²) in [4.78, 5) is 4.10. The minimum absolute atomic E-state index is 0.263. The van der Waals surface area contributed by atoms with Gasteiger partial charge in [0.25, 0.3) is 0 Å². The lowest BCUT2D eigenvalue weighted by Crippen LogP contribution is -2.04. The SMILES string of the molecule is C[C@@H](O)c1ccc(OCc2nccn2C)cc1F. The summed E-state index contributed by atoms with van der Waals surface area (Å²) in [5.41, 5.74) is 0.263. The molecule has 0 saturated heterocycles. The van der Waals surface area contributed by atoms with Gasteiger partial charge in [0.15, 0.2) is 0 Å². The molecule has 2 aromatic rings. The Hall–Kier alpha value is -1.88. The zero-order valence-electron chi connectivity index (χ0n) is 10.3. The van der Waals surface area contributed by atoms with Crippen LogP contribution >= 0.6 is 0 Å². The lowest BCUT2D eigenvalue weighted by Gasteiger charge is -2.09. The highest BCUT2D eigenvalue weighted by molar-refractivity contribution is 5.30. The van der Waals surface area contributed by atoms with Crippen molar-refractivity contribution in [2.24, 2.45) is 7.05 Å². The van der Waals surface area contributed by atoms with Crippen LogP contribution in [0, 0.1) is 5.82 Å². The molecule has 0 radical (unpaired) electrons. The summed E-state index contributed by atoms with van der Waals surface area (Å²) in [5, 5.41) is 9.32. The summed E-state index contributed by atoms with van der Waals surface area (Å²) in [6.45, 7) is 1.80. The largest absolute Gasteiger partial charge is 0.486 e. The van der Waals surface area contributed by atoms with E-state index in [0.29, 0.717) is 5.75 Å². The van der Waals surface area contributed by atoms with Crippen molar-refractivity contribution in [3.05, 3.63) is 47.8 Å². The van der Waals surface area contributed by atoms with Crippen molar-refractivity contribution >= 4 is 0 Å². The van der Waals surface area contributed by atoms with Crippen molar-refractivity contribution in [3.63, 3.8) is 0 Å². The van der Waals surface area contributed by atoms with E-state index in [4.69, 9.17) is 4.74 Å². The third-order valence-electron chi connectivity index (χ3n) is 2.71. The molecule has 5 heteroatoms. The van der Waals surface area contributed by atoms with E-state index < -0.39 is 11.9 Å². The maximum absolute atomic E-state index is 13.6. The van der Waals surface area contributed by atoms with Crippen LogP contribution in [0.5, 0.6) is 5.75 Å². The van der Waals surface area contributed by atoms with Crippen LogP contribution in [0.25, 0.3) is 0 Å². The Kier molecular flexibility index (Phi) is 3.62. The smallest absolute Gasteiger partial charge is 0.146 e. The molecule has 1 atom stereocenters. The van der Waals surface area contributed by atoms with Crippen LogP contribution in [0.15, 0.2) is 30.6 Å². The molecular weight excluding hydrogens is 235 g/mol. The number of aryl methyl sites for hydroxylation is 1. The van der Waals surface area contributed by atoms with Gasteiger partial charge in [-0.25, -0.2) is 9.37 Å². The zero-order valence-corrected chi connectivity index (χ0v) is 10.3. The normalized spacial score (nSPS) is 12.4. The molecule has 0 spiro atoms. The van der Waals surface area contributed by atoms with E-state index in [9.17, 15) is 9.50 Å². The highest BCUT2D eigenvalue weighted by atomic mass is 19.1. The Balaban J connectivity index is 2.07. The topological polar surface area (TPSA) is 47.3 Å². The molecule has 1 heterocycles. The molecule has 0 amide bonds. The van der Waals surface area contributed by atoms with Gasteiger partial charge in [-0.05, 0) is 19.1 Å². The van der Waals surface area contributed by atoms with Gasteiger partial charge >= 0.3 is 0 Å². The van der Waals surface area contributed by atoms with E-state index >= 15 is 0 Å². The van der Waals surface area contributed by atoms with Crippen LogP contribution in [0.4, 0.5) is 4.39 Å². The molecule has 0 fully saturated rings. The molecule has 0 saturated carbocycles. The highest BCUT2D eigenvalue weighted by Crippen LogP contribution is 2.22. The molecule has 0 aliphatic carbocycles. The molecule has 96 valence electrons. The first kappa shape index (κ1) is 12.6. The number of ether oxygens (including phenoxy) is 1. The fourth-order valence-electron chi connectivity index (χ4n) is 1.62. The number of hydrogen-bond donors (Lipinski definition) is 1. The van der Waals surface area contributed by atoms with Gasteiger partial charge in [-0.15, -0.1) is 0 Å². The van der Waals surface area contributed by atoms with E-state index in [-0.39, 0.29) is 12.2 Å². The Morgan fingerprint density at radius 3 is 2.83 bits per heavy atom. The van der Waals surface area contributed by atoms with Crippen LogP contribution < -0.4 is 4.74 Å². The van der Waals surface area contributed by atoms with E-state index in [2.05, 4.69) is 4.98 Å². The number of nitrogens with zero attached hydrogens (tertiary/aromatic N) is 2. The van der Waals surface area contributed by atoms with Gasteiger partial charge in [-0.2, -0.15) is 0 Å². The standard InChI is InChI=1S/C13H15FN2O2/c1-9(17)11-4-3-10(7-12(11)14)18-8-13-15-5-6-16(13)2/h3-7,9,17H,8H2,1-2H3/t9-/m1/s1. The van der Waals surface area contributed by atoms with E-state index in [1.165, 1.54) is 19.1 Å². The first-order valence-electron chi connectivity index (χ1n) is 5.64.